The van der Waals surface area contributed by atoms with Crippen LogP contribution in [0.2, 0.25) is 5.02 Å². The molecule has 0 saturated heterocycles. The van der Waals surface area contributed by atoms with Crippen LogP contribution in [-0.4, -0.2) is 5.91 Å². The van der Waals surface area contributed by atoms with Crippen molar-refractivity contribution >= 4 is 28.9 Å². The van der Waals surface area contributed by atoms with E-state index < -0.39 is 17.5 Å². The Labute approximate surface area is 119 Å². The molecule has 20 heavy (non-hydrogen) atoms. The van der Waals surface area contributed by atoms with Crippen molar-refractivity contribution in [3.63, 3.8) is 0 Å². The van der Waals surface area contributed by atoms with Gasteiger partial charge >= 0.3 is 0 Å². The number of carbonyl (C=O) groups is 1. The van der Waals surface area contributed by atoms with Gasteiger partial charge in [0.05, 0.1) is 5.56 Å². The van der Waals surface area contributed by atoms with Crippen molar-refractivity contribution in [2.75, 3.05) is 11.1 Å². The first-order valence-electron chi connectivity index (χ1n) is 5.71. The first-order chi connectivity index (χ1) is 9.40. The third-order valence-electron chi connectivity index (χ3n) is 2.85. The summed E-state index contributed by atoms with van der Waals surface area (Å²) < 4.78 is 26.1. The fourth-order valence-electron chi connectivity index (χ4n) is 1.69. The average Bonchev–Trinajstić information content (AvgIpc) is 2.39. The molecule has 3 nitrogen and oxygen atoms in total. The van der Waals surface area contributed by atoms with Crippen LogP contribution < -0.4 is 11.1 Å². The van der Waals surface area contributed by atoms with Gasteiger partial charge in [0.2, 0.25) is 0 Å². The van der Waals surface area contributed by atoms with E-state index >= 15 is 0 Å². The molecular formula is C14H11ClF2N2O. The molecular weight excluding hydrogens is 286 g/mol. The summed E-state index contributed by atoms with van der Waals surface area (Å²) in [6, 6.07) is 6.53. The molecule has 0 saturated carbocycles. The predicted molar refractivity (Wildman–Crippen MR) is 74.9 cm³/mol. The highest BCUT2D eigenvalue weighted by molar-refractivity contribution is 6.31. The van der Waals surface area contributed by atoms with E-state index in [1.54, 1.807) is 25.1 Å². The number of hydrogen-bond donors (Lipinski definition) is 2. The lowest BCUT2D eigenvalue weighted by Gasteiger charge is -2.11. The zero-order valence-corrected chi connectivity index (χ0v) is 11.3. The summed E-state index contributed by atoms with van der Waals surface area (Å²) >= 11 is 5.93. The van der Waals surface area contributed by atoms with Gasteiger partial charge in [-0.1, -0.05) is 17.7 Å². The first-order valence-corrected chi connectivity index (χ1v) is 6.09. The van der Waals surface area contributed by atoms with Crippen molar-refractivity contribution in [3.05, 3.63) is 58.1 Å². The van der Waals surface area contributed by atoms with Gasteiger partial charge in [0.25, 0.3) is 5.91 Å². The van der Waals surface area contributed by atoms with Crippen LogP contribution in [-0.2, 0) is 0 Å². The molecule has 0 aliphatic rings. The minimum absolute atomic E-state index is 0.136. The Balaban J connectivity index is 2.33. The first kappa shape index (κ1) is 14.3. The summed E-state index contributed by atoms with van der Waals surface area (Å²) in [6.07, 6.45) is 0. The van der Waals surface area contributed by atoms with Crippen LogP contribution in [0.5, 0.6) is 0 Å². The maximum atomic E-state index is 13.2. The normalized spacial score (nSPS) is 10.4. The number of nitrogen functional groups attached to an aromatic ring is 1. The quantitative estimate of drug-likeness (QED) is 0.829. The van der Waals surface area contributed by atoms with Gasteiger partial charge < -0.3 is 11.1 Å². The van der Waals surface area contributed by atoms with Gasteiger partial charge in [0.15, 0.2) is 11.6 Å². The molecule has 2 aromatic rings. The van der Waals surface area contributed by atoms with Gasteiger partial charge in [-0.25, -0.2) is 8.78 Å². The van der Waals surface area contributed by atoms with Crippen molar-refractivity contribution in [1.29, 1.82) is 0 Å². The smallest absolute Gasteiger partial charge is 0.257 e. The van der Waals surface area contributed by atoms with E-state index in [0.717, 1.165) is 12.1 Å². The van der Waals surface area contributed by atoms with Crippen LogP contribution >= 0.6 is 11.6 Å². The summed E-state index contributed by atoms with van der Waals surface area (Å²) in [4.78, 5) is 12.0. The fraction of sp³-hybridized carbons (Fsp3) is 0.0714. The summed E-state index contributed by atoms with van der Waals surface area (Å²) in [5.74, 6) is -2.86. The molecule has 2 aromatic carbocycles. The minimum atomic E-state index is -1.13. The van der Waals surface area contributed by atoms with Gasteiger partial charge in [-0.2, -0.15) is 0 Å². The molecule has 0 aromatic heterocycles. The maximum Gasteiger partial charge on any atom is 0.257 e. The molecule has 0 bridgehead atoms. The van der Waals surface area contributed by atoms with E-state index in [2.05, 4.69) is 5.32 Å². The number of halogens is 3. The number of rotatable bonds is 2. The molecule has 3 N–H and O–H groups in total. The van der Waals surface area contributed by atoms with Crippen molar-refractivity contribution in [3.8, 4) is 0 Å². The molecule has 0 spiro atoms. The van der Waals surface area contributed by atoms with Gasteiger partial charge in [-0.3, -0.25) is 4.79 Å². The second-order valence-electron chi connectivity index (χ2n) is 4.22. The SMILES string of the molecule is Cc1c(Cl)cccc1NC(=O)c1cc(F)c(F)cc1N. The number of amides is 1. The number of hydrogen-bond acceptors (Lipinski definition) is 2. The Morgan fingerprint density at radius 3 is 2.60 bits per heavy atom. The monoisotopic (exact) mass is 296 g/mol. The van der Waals surface area contributed by atoms with E-state index in [1.807, 2.05) is 0 Å². The fourth-order valence-corrected chi connectivity index (χ4v) is 1.87. The molecule has 0 radical (unpaired) electrons. The number of anilines is 2. The largest absolute Gasteiger partial charge is 0.398 e. The number of carbonyl (C=O) groups excluding carboxylic acids is 1. The number of nitrogens with one attached hydrogen (secondary N) is 1. The molecule has 0 unspecified atom stereocenters. The van der Waals surface area contributed by atoms with Crippen LogP contribution in [0, 0.1) is 18.6 Å². The molecule has 0 atom stereocenters. The highest BCUT2D eigenvalue weighted by Crippen LogP contribution is 2.24. The predicted octanol–water partition coefficient (Wildman–Crippen LogP) is 3.76. The van der Waals surface area contributed by atoms with E-state index in [9.17, 15) is 13.6 Å². The van der Waals surface area contributed by atoms with Gasteiger partial charge in [-0.15, -0.1) is 0 Å². The minimum Gasteiger partial charge on any atom is -0.398 e. The Kier molecular flexibility index (Phi) is 3.90. The zero-order valence-electron chi connectivity index (χ0n) is 10.5. The Bertz CT molecular complexity index is 689. The third-order valence-corrected chi connectivity index (χ3v) is 3.26. The molecule has 0 heterocycles. The standard InChI is InChI=1S/C14H11ClF2N2O/c1-7-9(15)3-2-4-13(7)19-14(20)8-5-10(16)11(17)6-12(8)18/h2-6H,18H2,1H3,(H,19,20). The van der Waals surface area contributed by atoms with Crippen LogP contribution in [0.1, 0.15) is 15.9 Å². The molecule has 0 fully saturated rings. The van der Waals surface area contributed by atoms with E-state index in [4.69, 9.17) is 17.3 Å². The highest BCUT2D eigenvalue weighted by atomic mass is 35.5. The lowest BCUT2D eigenvalue weighted by molar-refractivity contribution is 0.102. The lowest BCUT2D eigenvalue weighted by Crippen LogP contribution is -2.15. The third kappa shape index (κ3) is 2.72. The summed E-state index contributed by atoms with van der Waals surface area (Å²) in [6.45, 7) is 1.73. The molecule has 2 rings (SSSR count). The molecule has 1 amide bonds. The average molecular weight is 297 g/mol. The van der Waals surface area contributed by atoms with Crippen LogP contribution in [0.25, 0.3) is 0 Å². The second-order valence-corrected chi connectivity index (χ2v) is 4.63. The summed E-state index contributed by atoms with van der Waals surface area (Å²) in [7, 11) is 0. The van der Waals surface area contributed by atoms with E-state index in [0.29, 0.717) is 16.3 Å². The van der Waals surface area contributed by atoms with Crippen LogP contribution in [0.15, 0.2) is 30.3 Å². The van der Waals surface area contributed by atoms with Crippen molar-refractivity contribution in [2.24, 2.45) is 0 Å². The van der Waals surface area contributed by atoms with E-state index in [-0.39, 0.29) is 11.3 Å². The topological polar surface area (TPSA) is 55.1 Å². The van der Waals surface area contributed by atoms with Crippen molar-refractivity contribution in [2.45, 2.75) is 6.92 Å². The zero-order chi connectivity index (χ0) is 14.9. The van der Waals surface area contributed by atoms with Crippen molar-refractivity contribution < 1.29 is 13.6 Å². The number of nitrogens with two attached hydrogens (primary N) is 1. The molecule has 0 aliphatic heterocycles. The Hall–Kier alpha value is -2.14. The molecule has 104 valence electrons. The second kappa shape index (κ2) is 5.46. The maximum absolute atomic E-state index is 13.2. The lowest BCUT2D eigenvalue weighted by atomic mass is 10.1. The van der Waals surface area contributed by atoms with Crippen LogP contribution in [0.4, 0.5) is 20.2 Å². The summed E-state index contributed by atoms with van der Waals surface area (Å²) in [5, 5.41) is 3.05. The Morgan fingerprint density at radius 1 is 1.25 bits per heavy atom. The molecule has 6 heteroatoms. The van der Waals surface area contributed by atoms with Gasteiger partial charge in [0, 0.05) is 22.5 Å². The number of benzene rings is 2. The van der Waals surface area contributed by atoms with E-state index in [1.165, 1.54) is 0 Å². The van der Waals surface area contributed by atoms with Crippen molar-refractivity contribution in [1.82, 2.24) is 0 Å². The van der Waals surface area contributed by atoms with Gasteiger partial charge in [0.1, 0.15) is 0 Å². The molecule has 0 aliphatic carbocycles. The van der Waals surface area contributed by atoms with Gasteiger partial charge in [-0.05, 0) is 30.7 Å². The Morgan fingerprint density at radius 2 is 1.90 bits per heavy atom. The summed E-state index contributed by atoms with van der Waals surface area (Å²) in [5.41, 5.74) is 6.39. The van der Waals surface area contributed by atoms with Crippen LogP contribution in [0.3, 0.4) is 0 Å². The highest BCUT2D eigenvalue weighted by Gasteiger charge is 2.15.